The second-order valence-electron chi connectivity index (χ2n) is 7.06. The lowest BCUT2D eigenvalue weighted by molar-refractivity contribution is -0.133. The molecule has 3 rings (SSSR count). The van der Waals surface area contributed by atoms with Gasteiger partial charge in [0.15, 0.2) is 5.78 Å². The lowest BCUT2D eigenvalue weighted by Crippen LogP contribution is -2.47. The largest absolute Gasteiger partial charge is 0.341 e. The zero-order valence-electron chi connectivity index (χ0n) is 15.5. The van der Waals surface area contributed by atoms with Crippen molar-refractivity contribution in [3.63, 3.8) is 0 Å². The Morgan fingerprint density at radius 1 is 1.19 bits per heavy atom. The van der Waals surface area contributed by atoms with Gasteiger partial charge in [-0.25, -0.2) is 0 Å². The highest BCUT2D eigenvalue weighted by Gasteiger charge is 2.45. The van der Waals surface area contributed by atoms with Crippen molar-refractivity contribution in [2.75, 3.05) is 7.05 Å². The molecule has 1 aliphatic heterocycles. The van der Waals surface area contributed by atoms with Gasteiger partial charge in [0.2, 0.25) is 5.91 Å². The third-order valence-electron chi connectivity index (χ3n) is 5.08. The highest BCUT2D eigenvalue weighted by molar-refractivity contribution is 6.24. The summed E-state index contributed by atoms with van der Waals surface area (Å²) < 4.78 is 0. The van der Waals surface area contributed by atoms with Crippen LogP contribution in [0.2, 0.25) is 0 Å². The summed E-state index contributed by atoms with van der Waals surface area (Å²) in [7, 11) is 1.66. The van der Waals surface area contributed by atoms with Crippen molar-refractivity contribution in [2.24, 2.45) is 0 Å². The molecule has 27 heavy (non-hydrogen) atoms. The molecule has 1 unspecified atom stereocenters. The summed E-state index contributed by atoms with van der Waals surface area (Å²) in [6.45, 7) is 2.13. The Hall–Kier alpha value is -2.83. The fraction of sp³-hybridized carbons (Fsp3) is 0.450. The van der Waals surface area contributed by atoms with E-state index in [0.717, 1.165) is 11.3 Å². The minimum Gasteiger partial charge on any atom is -0.341 e. The lowest BCUT2D eigenvalue weighted by atomic mass is 9.92. The molecule has 2 aliphatic rings. The van der Waals surface area contributed by atoms with Crippen molar-refractivity contribution < 1.29 is 24.0 Å². The standard InChI is InChI=1S/C20H22N2O5/c1-3-5-17(25)21(2)11-12-6-4-7-14-18(12)20(27)22(19(14)26)15-9-8-13(23)10-16(15)24/h4,6-7,15H,3,5,8-11H2,1-2H3. The van der Waals surface area contributed by atoms with E-state index in [1.807, 2.05) is 6.92 Å². The number of imide groups is 1. The quantitative estimate of drug-likeness (QED) is 0.581. The molecule has 0 saturated heterocycles. The summed E-state index contributed by atoms with van der Waals surface area (Å²) in [6, 6.07) is 4.07. The molecule has 0 N–H and O–H groups in total. The van der Waals surface area contributed by atoms with E-state index in [9.17, 15) is 24.0 Å². The molecule has 0 radical (unpaired) electrons. The van der Waals surface area contributed by atoms with Gasteiger partial charge >= 0.3 is 0 Å². The Balaban J connectivity index is 1.89. The second kappa shape index (κ2) is 7.42. The van der Waals surface area contributed by atoms with E-state index in [0.29, 0.717) is 12.0 Å². The lowest BCUT2D eigenvalue weighted by Gasteiger charge is -2.27. The molecular weight excluding hydrogens is 348 g/mol. The Labute approximate surface area is 157 Å². The molecule has 1 atom stereocenters. The molecule has 1 aromatic carbocycles. The zero-order valence-corrected chi connectivity index (χ0v) is 15.5. The van der Waals surface area contributed by atoms with Crippen molar-refractivity contribution in [1.82, 2.24) is 9.80 Å². The van der Waals surface area contributed by atoms with Crippen molar-refractivity contribution in [1.29, 1.82) is 0 Å². The van der Waals surface area contributed by atoms with Gasteiger partial charge in [0, 0.05) is 26.4 Å². The van der Waals surface area contributed by atoms with Crippen LogP contribution < -0.4 is 0 Å². The van der Waals surface area contributed by atoms with Crippen LogP contribution in [-0.2, 0) is 20.9 Å². The fourth-order valence-corrected chi connectivity index (χ4v) is 3.67. The van der Waals surface area contributed by atoms with E-state index in [2.05, 4.69) is 0 Å². The minimum atomic E-state index is -0.887. The first-order valence-corrected chi connectivity index (χ1v) is 9.13. The summed E-state index contributed by atoms with van der Waals surface area (Å²) in [4.78, 5) is 64.1. The summed E-state index contributed by atoms with van der Waals surface area (Å²) in [5, 5.41) is 0. The smallest absolute Gasteiger partial charge is 0.262 e. The van der Waals surface area contributed by atoms with E-state index in [-0.39, 0.29) is 48.6 Å². The van der Waals surface area contributed by atoms with E-state index in [1.54, 1.807) is 25.2 Å². The molecule has 7 heteroatoms. The van der Waals surface area contributed by atoms with Crippen molar-refractivity contribution >= 4 is 29.3 Å². The predicted molar refractivity (Wildman–Crippen MR) is 96.0 cm³/mol. The number of hydrogen-bond acceptors (Lipinski definition) is 5. The predicted octanol–water partition coefficient (Wildman–Crippen LogP) is 1.73. The van der Waals surface area contributed by atoms with Crippen LogP contribution in [0.1, 0.15) is 65.3 Å². The number of carbonyl (C=O) groups is 5. The van der Waals surface area contributed by atoms with Gasteiger partial charge < -0.3 is 4.90 Å². The molecule has 0 bridgehead atoms. The third-order valence-corrected chi connectivity index (χ3v) is 5.08. The fourth-order valence-electron chi connectivity index (χ4n) is 3.67. The molecule has 1 saturated carbocycles. The highest BCUT2D eigenvalue weighted by atomic mass is 16.2. The van der Waals surface area contributed by atoms with Gasteiger partial charge in [-0.1, -0.05) is 19.1 Å². The van der Waals surface area contributed by atoms with Crippen LogP contribution in [-0.4, -0.2) is 52.2 Å². The molecule has 7 nitrogen and oxygen atoms in total. The first-order chi connectivity index (χ1) is 12.8. The first kappa shape index (κ1) is 18.9. The summed E-state index contributed by atoms with van der Waals surface area (Å²) in [5.41, 5.74) is 1.08. The van der Waals surface area contributed by atoms with Crippen LogP contribution in [0, 0.1) is 0 Å². The second-order valence-corrected chi connectivity index (χ2v) is 7.06. The normalized spacial score (nSPS) is 19.5. The van der Waals surface area contributed by atoms with E-state index in [4.69, 9.17) is 0 Å². The first-order valence-electron chi connectivity index (χ1n) is 9.13. The molecule has 142 valence electrons. The number of fused-ring (bicyclic) bond motifs is 1. The Kier molecular flexibility index (Phi) is 5.21. The maximum atomic E-state index is 13.0. The molecule has 1 aromatic rings. The number of carbonyl (C=O) groups excluding carboxylic acids is 5. The average Bonchev–Trinajstić information content (AvgIpc) is 2.87. The number of hydrogen-bond donors (Lipinski definition) is 0. The Bertz CT molecular complexity index is 845. The number of benzene rings is 1. The van der Waals surface area contributed by atoms with Gasteiger partial charge in [-0.3, -0.25) is 28.9 Å². The molecule has 0 spiro atoms. The van der Waals surface area contributed by atoms with Gasteiger partial charge in [0.25, 0.3) is 11.8 Å². The summed E-state index contributed by atoms with van der Waals surface area (Å²) in [6.07, 6.45) is 1.26. The number of amides is 3. The van der Waals surface area contributed by atoms with Gasteiger partial charge in [-0.15, -0.1) is 0 Å². The monoisotopic (exact) mass is 370 g/mol. The molecule has 1 fully saturated rings. The van der Waals surface area contributed by atoms with Crippen molar-refractivity contribution in [2.45, 2.75) is 51.6 Å². The van der Waals surface area contributed by atoms with Crippen molar-refractivity contribution in [3.05, 3.63) is 34.9 Å². The third kappa shape index (κ3) is 3.41. The molecule has 1 aliphatic carbocycles. The maximum absolute atomic E-state index is 13.0. The molecule has 0 aromatic heterocycles. The highest BCUT2D eigenvalue weighted by Crippen LogP contribution is 2.31. The number of rotatable bonds is 5. The van der Waals surface area contributed by atoms with Crippen LogP contribution in [0.3, 0.4) is 0 Å². The van der Waals surface area contributed by atoms with Gasteiger partial charge in [0.05, 0.1) is 23.6 Å². The van der Waals surface area contributed by atoms with Crippen LogP contribution in [0.25, 0.3) is 0 Å². The van der Waals surface area contributed by atoms with Crippen LogP contribution >= 0.6 is 0 Å². The van der Waals surface area contributed by atoms with Crippen LogP contribution in [0.5, 0.6) is 0 Å². The van der Waals surface area contributed by atoms with E-state index >= 15 is 0 Å². The van der Waals surface area contributed by atoms with Gasteiger partial charge in [-0.2, -0.15) is 0 Å². The zero-order chi connectivity index (χ0) is 19.7. The van der Waals surface area contributed by atoms with Gasteiger partial charge in [0.1, 0.15) is 5.78 Å². The SMILES string of the molecule is CCCC(=O)N(C)Cc1cccc2c1C(=O)N(C1CCC(=O)CC1=O)C2=O. The maximum Gasteiger partial charge on any atom is 0.262 e. The van der Waals surface area contributed by atoms with E-state index in [1.165, 1.54) is 4.90 Å². The Morgan fingerprint density at radius 2 is 1.93 bits per heavy atom. The average molecular weight is 370 g/mol. The van der Waals surface area contributed by atoms with Crippen LogP contribution in [0.15, 0.2) is 18.2 Å². The number of ketones is 2. The molecular formula is C20H22N2O5. The minimum absolute atomic E-state index is 0.0373. The van der Waals surface area contributed by atoms with Crippen molar-refractivity contribution in [3.8, 4) is 0 Å². The summed E-state index contributed by atoms with van der Waals surface area (Å²) in [5.74, 6) is -1.62. The topological polar surface area (TPSA) is 91.8 Å². The van der Waals surface area contributed by atoms with Gasteiger partial charge in [-0.05, 0) is 24.5 Å². The molecule has 3 amide bonds. The Morgan fingerprint density at radius 3 is 2.59 bits per heavy atom. The molecule has 1 heterocycles. The van der Waals surface area contributed by atoms with E-state index < -0.39 is 23.6 Å². The van der Waals surface area contributed by atoms with Crippen LogP contribution in [0.4, 0.5) is 0 Å². The summed E-state index contributed by atoms with van der Waals surface area (Å²) >= 11 is 0. The number of nitrogens with zero attached hydrogens (tertiary/aromatic N) is 2. The number of Topliss-reactive ketones (excluding diaryl/α,β-unsaturated/α-hetero) is 2.